The smallest absolute Gasteiger partial charge is 0.281 e. The number of aromatic nitrogens is 2. The molecule has 1 aromatic carbocycles. The van der Waals surface area contributed by atoms with Crippen molar-refractivity contribution in [1.29, 1.82) is 0 Å². The molecule has 3 aromatic rings. The molecular weight excluding hydrogens is 374 g/mol. The molecule has 2 aromatic heterocycles. The summed E-state index contributed by atoms with van der Waals surface area (Å²) in [6.45, 7) is 5.78. The number of aryl methyl sites for hydroxylation is 3. The SMILES string of the molecule is Cc1ccc(NCC(=O)NNC(=O)c2sc(-c3ccccn3)nc2C)c(C)c1. The molecule has 28 heavy (non-hydrogen) atoms. The van der Waals surface area contributed by atoms with E-state index in [2.05, 4.69) is 26.1 Å². The lowest BCUT2D eigenvalue weighted by molar-refractivity contribution is -0.120. The lowest BCUT2D eigenvalue weighted by Crippen LogP contribution is -2.44. The van der Waals surface area contributed by atoms with Gasteiger partial charge in [-0.25, -0.2) is 4.98 Å². The largest absolute Gasteiger partial charge is 0.376 e. The fraction of sp³-hybridized carbons (Fsp3) is 0.200. The number of nitrogens with zero attached hydrogens (tertiary/aromatic N) is 2. The summed E-state index contributed by atoms with van der Waals surface area (Å²) >= 11 is 1.23. The molecule has 0 aliphatic carbocycles. The Labute approximate surface area is 167 Å². The van der Waals surface area contributed by atoms with Crippen LogP contribution in [0.1, 0.15) is 26.5 Å². The van der Waals surface area contributed by atoms with Crippen molar-refractivity contribution in [2.45, 2.75) is 20.8 Å². The number of carbonyl (C=O) groups is 2. The van der Waals surface area contributed by atoms with Crippen LogP contribution in [0.15, 0.2) is 42.6 Å². The first-order valence-corrected chi connectivity index (χ1v) is 9.55. The van der Waals surface area contributed by atoms with Crippen molar-refractivity contribution in [2.24, 2.45) is 0 Å². The van der Waals surface area contributed by atoms with Gasteiger partial charge in [0.1, 0.15) is 9.88 Å². The number of hydrogen-bond donors (Lipinski definition) is 3. The van der Waals surface area contributed by atoms with Crippen molar-refractivity contribution < 1.29 is 9.59 Å². The Hall–Kier alpha value is -3.26. The Morgan fingerprint density at radius 1 is 1.07 bits per heavy atom. The van der Waals surface area contributed by atoms with Gasteiger partial charge in [0.05, 0.1) is 17.9 Å². The molecule has 0 unspecified atom stereocenters. The quantitative estimate of drug-likeness (QED) is 0.577. The average molecular weight is 395 g/mol. The van der Waals surface area contributed by atoms with E-state index in [4.69, 9.17) is 0 Å². The number of hydrazine groups is 1. The van der Waals surface area contributed by atoms with Crippen molar-refractivity contribution in [3.05, 3.63) is 64.3 Å². The molecule has 0 atom stereocenters. The lowest BCUT2D eigenvalue weighted by atomic mass is 10.1. The second-order valence-corrected chi connectivity index (χ2v) is 7.32. The van der Waals surface area contributed by atoms with E-state index in [0.29, 0.717) is 21.3 Å². The van der Waals surface area contributed by atoms with Crippen molar-refractivity contribution in [3.8, 4) is 10.7 Å². The summed E-state index contributed by atoms with van der Waals surface area (Å²) in [7, 11) is 0. The summed E-state index contributed by atoms with van der Waals surface area (Å²) in [5.74, 6) is -0.752. The zero-order valence-corrected chi connectivity index (χ0v) is 16.7. The minimum atomic E-state index is -0.406. The first-order chi connectivity index (χ1) is 13.4. The standard InChI is InChI=1S/C20H21N5O2S/c1-12-7-8-15(13(2)10-12)22-11-17(26)24-25-19(27)18-14(3)23-20(28-18)16-6-4-5-9-21-16/h4-10,22H,11H2,1-3H3,(H,24,26)(H,25,27). The highest BCUT2D eigenvalue weighted by molar-refractivity contribution is 7.17. The maximum absolute atomic E-state index is 12.4. The number of anilines is 1. The second-order valence-electron chi connectivity index (χ2n) is 6.32. The minimum Gasteiger partial charge on any atom is -0.376 e. The van der Waals surface area contributed by atoms with Crippen LogP contribution in [0.4, 0.5) is 5.69 Å². The molecule has 0 saturated carbocycles. The number of carbonyl (C=O) groups excluding carboxylic acids is 2. The average Bonchev–Trinajstić information content (AvgIpc) is 3.08. The lowest BCUT2D eigenvalue weighted by Gasteiger charge is -2.11. The highest BCUT2D eigenvalue weighted by atomic mass is 32.1. The van der Waals surface area contributed by atoms with Crippen molar-refractivity contribution in [2.75, 3.05) is 11.9 Å². The van der Waals surface area contributed by atoms with Crippen LogP contribution in [0.5, 0.6) is 0 Å². The van der Waals surface area contributed by atoms with E-state index >= 15 is 0 Å². The summed E-state index contributed by atoms with van der Waals surface area (Å²) in [4.78, 5) is 33.5. The zero-order valence-electron chi connectivity index (χ0n) is 15.9. The molecule has 7 nitrogen and oxygen atoms in total. The molecule has 0 aliphatic heterocycles. The molecule has 0 bridgehead atoms. The monoisotopic (exact) mass is 395 g/mol. The Bertz CT molecular complexity index is 1000. The summed E-state index contributed by atoms with van der Waals surface area (Å²) < 4.78 is 0. The van der Waals surface area contributed by atoms with E-state index in [-0.39, 0.29) is 12.5 Å². The molecule has 0 fully saturated rings. The Kier molecular flexibility index (Phi) is 6.00. The number of nitrogens with one attached hydrogen (secondary N) is 3. The molecule has 2 amide bonds. The van der Waals surface area contributed by atoms with Gasteiger partial charge in [0.25, 0.3) is 11.8 Å². The van der Waals surface area contributed by atoms with Crippen LogP contribution in [0.3, 0.4) is 0 Å². The van der Waals surface area contributed by atoms with Crippen LogP contribution in [0.25, 0.3) is 10.7 Å². The highest BCUT2D eigenvalue weighted by Gasteiger charge is 2.17. The van der Waals surface area contributed by atoms with Crippen LogP contribution in [0, 0.1) is 20.8 Å². The van der Waals surface area contributed by atoms with Crippen LogP contribution >= 0.6 is 11.3 Å². The van der Waals surface area contributed by atoms with Crippen molar-refractivity contribution in [1.82, 2.24) is 20.8 Å². The molecule has 0 saturated heterocycles. The first kappa shape index (κ1) is 19.5. The van der Waals surface area contributed by atoms with E-state index in [1.807, 2.05) is 50.2 Å². The maximum Gasteiger partial charge on any atom is 0.281 e. The third kappa shape index (κ3) is 4.72. The van der Waals surface area contributed by atoms with Gasteiger partial charge in [-0.05, 0) is 44.5 Å². The molecule has 0 spiro atoms. The van der Waals surface area contributed by atoms with Gasteiger partial charge in [-0.15, -0.1) is 11.3 Å². The number of pyridine rings is 1. The Balaban J connectivity index is 1.55. The maximum atomic E-state index is 12.4. The van der Waals surface area contributed by atoms with Gasteiger partial charge in [-0.3, -0.25) is 25.4 Å². The molecule has 8 heteroatoms. The third-order valence-corrected chi connectivity index (χ3v) is 5.20. The van der Waals surface area contributed by atoms with E-state index in [1.165, 1.54) is 11.3 Å². The topological polar surface area (TPSA) is 96.0 Å². The Morgan fingerprint density at radius 2 is 1.89 bits per heavy atom. The first-order valence-electron chi connectivity index (χ1n) is 8.73. The molecule has 3 N–H and O–H groups in total. The van der Waals surface area contributed by atoms with Crippen LogP contribution in [-0.4, -0.2) is 28.3 Å². The minimum absolute atomic E-state index is 0.0467. The van der Waals surface area contributed by atoms with Crippen molar-refractivity contribution >= 4 is 28.8 Å². The van der Waals surface area contributed by atoms with Gasteiger partial charge in [0.2, 0.25) is 0 Å². The predicted molar refractivity (Wildman–Crippen MR) is 110 cm³/mol. The van der Waals surface area contributed by atoms with Crippen LogP contribution < -0.4 is 16.2 Å². The number of rotatable bonds is 5. The van der Waals surface area contributed by atoms with Gasteiger partial charge in [-0.1, -0.05) is 23.8 Å². The third-order valence-electron chi connectivity index (χ3n) is 4.02. The summed E-state index contributed by atoms with van der Waals surface area (Å²) in [5, 5.41) is 3.72. The second kappa shape index (κ2) is 8.62. The summed E-state index contributed by atoms with van der Waals surface area (Å²) in [6.07, 6.45) is 1.68. The van der Waals surface area contributed by atoms with E-state index < -0.39 is 5.91 Å². The number of amides is 2. The summed E-state index contributed by atoms with van der Waals surface area (Å²) in [5.41, 5.74) is 9.24. The molecule has 0 aliphatic rings. The normalized spacial score (nSPS) is 10.4. The van der Waals surface area contributed by atoms with Gasteiger partial charge in [-0.2, -0.15) is 0 Å². The van der Waals surface area contributed by atoms with Gasteiger partial charge >= 0.3 is 0 Å². The molecule has 144 valence electrons. The van der Waals surface area contributed by atoms with E-state index in [9.17, 15) is 9.59 Å². The number of benzene rings is 1. The number of hydrogen-bond acceptors (Lipinski definition) is 6. The van der Waals surface area contributed by atoms with E-state index in [1.54, 1.807) is 13.1 Å². The van der Waals surface area contributed by atoms with Gasteiger partial charge in [0.15, 0.2) is 0 Å². The zero-order chi connectivity index (χ0) is 20.1. The predicted octanol–water partition coefficient (Wildman–Crippen LogP) is 3.00. The fourth-order valence-corrected chi connectivity index (χ4v) is 3.56. The van der Waals surface area contributed by atoms with E-state index in [0.717, 1.165) is 16.8 Å². The molecule has 3 rings (SSSR count). The summed E-state index contributed by atoms with van der Waals surface area (Å²) in [6, 6.07) is 11.5. The fourth-order valence-electron chi connectivity index (χ4n) is 2.62. The van der Waals surface area contributed by atoms with Crippen molar-refractivity contribution in [3.63, 3.8) is 0 Å². The molecule has 0 radical (unpaired) electrons. The van der Waals surface area contributed by atoms with Crippen LogP contribution in [-0.2, 0) is 4.79 Å². The highest BCUT2D eigenvalue weighted by Crippen LogP contribution is 2.26. The van der Waals surface area contributed by atoms with Gasteiger partial charge < -0.3 is 5.32 Å². The molecule has 2 heterocycles. The number of thiazole rings is 1. The Morgan fingerprint density at radius 3 is 2.61 bits per heavy atom. The molecular formula is C20H21N5O2S. The van der Waals surface area contributed by atoms with Crippen LogP contribution in [0.2, 0.25) is 0 Å². The van der Waals surface area contributed by atoms with Gasteiger partial charge in [0, 0.05) is 11.9 Å².